The van der Waals surface area contributed by atoms with Crippen molar-refractivity contribution in [3.8, 4) is 0 Å². The molecule has 1 saturated carbocycles. The number of hydrogen-bond donors (Lipinski definition) is 0. The van der Waals surface area contributed by atoms with E-state index < -0.39 is 0 Å². The quantitative estimate of drug-likeness (QED) is 0.584. The van der Waals surface area contributed by atoms with Gasteiger partial charge in [0.25, 0.3) is 0 Å². The van der Waals surface area contributed by atoms with E-state index in [0.717, 1.165) is 16.7 Å². The third kappa shape index (κ3) is 4.07. The molecule has 108 valence electrons. The summed E-state index contributed by atoms with van der Waals surface area (Å²) >= 11 is 5.95. The van der Waals surface area contributed by atoms with Gasteiger partial charge in [-0.3, -0.25) is 0 Å². The molecule has 0 aliphatic heterocycles. The van der Waals surface area contributed by atoms with E-state index in [9.17, 15) is 0 Å². The van der Waals surface area contributed by atoms with Crippen molar-refractivity contribution in [1.82, 2.24) is 0 Å². The van der Waals surface area contributed by atoms with Crippen molar-refractivity contribution in [2.24, 2.45) is 17.3 Å². The average molecular weight is 343 g/mol. The lowest BCUT2D eigenvalue weighted by Gasteiger charge is -2.40. The normalized spacial score (nSPS) is 28.6. The van der Waals surface area contributed by atoms with Crippen LogP contribution in [-0.4, -0.2) is 4.83 Å². The highest BCUT2D eigenvalue weighted by atomic mass is 79.9. The molecule has 0 bridgehead atoms. The van der Waals surface area contributed by atoms with Crippen molar-refractivity contribution in [2.75, 3.05) is 0 Å². The van der Waals surface area contributed by atoms with E-state index in [2.05, 4.69) is 55.8 Å². The van der Waals surface area contributed by atoms with Crippen LogP contribution in [0.1, 0.15) is 56.7 Å². The van der Waals surface area contributed by atoms with Crippen LogP contribution >= 0.6 is 27.3 Å². The third-order valence-electron chi connectivity index (χ3n) is 4.64. The van der Waals surface area contributed by atoms with Crippen LogP contribution in [0.4, 0.5) is 0 Å². The van der Waals surface area contributed by atoms with E-state index in [-0.39, 0.29) is 0 Å². The zero-order valence-electron chi connectivity index (χ0n) is 12.7. The number of halogens is 1. The molecule has 2 rings (SSSR count). The van der Waals surface area contributed by atoms with Crippen LogP contribution in [0.3, 0.4) is 0 Å². The Labute approximate surface area is 131 Å². The maximum Gasteiger partial charge on any atom is 0.0177 e. The molecule has 1 aliphatic carbocycles. The topological polar surface area (TPSA) is 0 Å². The third-order valence-corrected chi connectivity index (χ3v) is 7.10. The molecule has 0 saturated heterocycles. The van der Waals surface area contributed by atoms with Crippen LogP contribution in [-0.2, 0) is 12.8 Å². The SMILES string of the molecule is CCc1ccc(CC2CC(C(C)(C)C)CCC2Br)s1. The first-order valence-corrected chi connectivity index (χ1v) is 9.35. The molecule has 1 fully saturated rings. The number of hydrogen-bond acceptors (Lipinski definition) is 1. The Morgan fingerprint density at radius 2 is 1.89 bits per heavy atom. The van der Waals surface area contributed by atoms with Gasteiger partial charge in [-0.25, -0.2) is 0 Å². The van der Waals surface area contributed by atoms with Gasteiger partial charge in [0, 0.05) is 14.6 Å². The van der Waals surface area contributed by atoms with Crippen LogP contribution in [0, 0.1) is 17.3 Å². The predicted octanol–water partition coefficient (Wildman–Crippen LogP) is 6.08. The minimum atomic E-state index is 0.468. The van der Waals surface area contributed by atoms with Crippen LogP contribution < -0.4 is 0 Å². The Morgan fingerprint density at radius 1 is 1.21 bits per heavy atom. The smallest absolute Gasteiger partial charge is 0.0177 e. The van der Waals surface area contributed by atoms with Crippen LogP contribution in [0.15, 0.2) is 12.1 Å². The first-order chi connectivity index (χ1) is 8.90. The van der Waals surface area contributed by atoms with Crippen LogP contribution in [0.2, 0.25) is 0 Å². The minimum absolute atomic E-state index is 0.468. The summed E-state index contributed by atoms with van der Waals surface area (Å²) in [5, 5.41) is 0. The van der Waals surface area contributed by atoms with Gasteiger partial charge >= 0.3 is 0 Å². The van der Waals surface area contributed by atoms with Gasteiger partial charge in [0.15, 0.2) is 0 Å². The second kappa shape index (κ2) is 6.30. The maximum atomic E-state index is 3.93. The van der Waals surface area contributed by atoms with Crippen molar-refractivity contribution in [3.05, 3.63) is 21.9 Å². The molecule has 0 aromatic carbocycles. The van der Waals surface area contributed by atoms with Crippen molar-refractivity contribution in [2.45, 2.75) is 64.6 Å². The molecule has 0 radical (unpaired) electrons. The van der Waals surface area contributed by atoms with Crippen molar-refractivity contribution in [3.63, 3.8) is 0 Å². The molecule has 1 aromatic rings. The first kappa shape index (κ1) is 15.6. The Hall–Kier alpha value is 0.180. The lowest BCUT2D eigenvalue weighted by Crippen LogP contribution is -2.33. The summed E-state index contributed by atoms with van der Waals surface area (Å²) < 4.78 is 0. The molecule has 3 unspecified atom stereocenters. The highest BCUT2D eigenvalue weighted by Gasteiger charge is 2.34. The molecule has 0 amide bonds. The van der Waals surface area contributed by atoms with E-state index >= 15 is 0 Å². The molecule has 1 aliphatic rings. The highest BCUT2D eigenvalue weighted by Crippen LogP contribution is 2.43. The summed E-state index contributed by atoms with van der Waals surface area (Å²) in [5.74, 6) is 1.71. The van der Waals surface area contributed by atoms with Crippen LogP contribution in [0.5, 0.6) is 0 Å². The molecule has 0 N–H and O–H groups in total. The van der Waals surface area contributed by atoms with Gasteiger partial charge in [0.2, 0.25) is 0 Å². The van der Waals surface area contributed by atoms with E-state index in [4.69, 9.17) is 0 Å². The highest BCUT2D eigenvalue weighted by molar-refractivity contribution is 9.09. The summed E-state index contributed by atoms with van der Waals surface area (Å²) in [7, 11) is 0. The molecule has 0 nitrogen and oxygen atoms in total. The number of aryl methyl sites for hydroxylation is 1. The van der Waals surface area contributed by atoms with Gasteiger partial charge in [0.1, 0.15) is 0 Å². The van der Waals surface area contributed by atoms with E-state index in [0.29, 0.717) is 5.41 Å². The van der Waals surface area contributed by atoms with Crippen molar-refractivity contribution in [1.29, 1.82) is 0 Å². The van der Waals surface area contributed by atoms with E-state index in [1.165, 1.54) is 37.0 Å². The van der Waals surface area contributed by atoms with Crippen molar-refractivity contribution < 1.29 is 0 Å². The second-order valence-corrected chi connectivity index (χ2v) is 9.51. The van der Waals surface area contributed by atoms with Gasteiger partial charge < -0.3 is 0 Å². The van der Waals surface area contributed by atoms with Crippen molar-refractivity contribution >= 4 is 27.3 Å². The summed E-state index contributed by atoms with van der Waals surface area (Å²) in [6.07, 6.45) is 6.57. The molecule has 2 heteroatoms. The molecule has 1 heterocycles. The molecule has 19 heavy (non-hydrogen) atoms. The fourth-order valence-electron chi connectivity index (χ4n) is 3.21. The van der Waals surface area contributed by atoms with Gasteiger partial charge in [-0.2, -0.15) is 0 Å². The summed E-state index contributed by atoms with van der Waals surface area (Å²) in [4.78, 5) is 3.84. The van der Waals surface area contributed by atoms with Gasteiger partial charge in [0.05, 0.1) is 0 Å². The monoisotopic (exact) mass is 342 g/mol. The second-order valence-electron chi connectivity index (χ2n) is 7.08. The molecular weight excluding hydrogens is 316 g/mol. The van der Waals surface area contributed by atoms with Gasteiger partial charge in [-0.05, 0) is 61.5 Å². The molecule has 0 spiro atoms. The lowest BCUT2D eigenvalue weighted by molar-refractivity contribution is 0.147. The summed E-state index contributed by atoms with van der Waals surface area (Å²) in [6, 6.07) is 4.66. The van der Waals surface area contributed by atoms with Crippen LogP contribution in [0.25, 0.3) is 0 Å². The zero-order valence-corrected chi connectivity index (χ0v) is 15.1. The number of thiophene rings is 1. The Kier molecular flexibility index (Phi) is 5.16. The Bertz CT molecular complexity index is 402. The molecule has 3 atom stereocenters. The number of alkyl halides is 1. The number of rotatable bonds is 3. The predicted molar refractivity (Wildman–Crippen MR) is 90.4 cm³/mol. The molecule has 1 aromatic heterocycles. The van der Waals surface area contributed by atoms with Gasteiger partial charge in [-0.15, -0.1) is 11.3 Å². The summed E-state index contributed by atoms with van der Waals surface area (Å²) in [5.41, 5.74) is 0.468. The Balaban J connectivity index is 2.01. The Morgan fingerprint density at radius 3 is 2.47 bits per heavy atom. The average Bonchev–Trinajstić information content (AvgIpc) is 2.78. The largest absolute Gasteiger partial charge is 0.145 e. The lowest BCUT2D eigenvalue weighted by atomic mass is 9.68. The first-order valence-electron chi connectivity index (χ1n) is 7.61. The standard InChI is InChI=1S/C17H27BrS/c1-5-14-7-8-15(19-14)11-12-10-13(17(2,3)4)6-9-16(12)18/h7-8,12-13,16H,5-6,9-11H2,1-4H3. The van der Waals surface area contributed by atoms with Gasteiger partial charge in [-0.1, -0.05) is 43.6 Å². The maximum absolute atomic E-state index is 3.93. The van der Waals surface area contributed by atoms with E-state index in [1.807, 2.05) is 11.3 Å². The fraction of sp³-hybridized carbons (Fsp3) is 0.765. The zero-order chi connectivity index (χ0) is 14.0. The summed E-state index contributed by atoms with van der Waals surface area (Å²) in [6.45, 7) is 9.47. The van der Waals surface area contributed by atoms with E-state index in [1.54, 1.807) is 4.88 Å². The fourth-order valence-corrected chi connectivity index (χ4v) is 4.92. The molecular formula is C17H27BrS. The minimum Gasteiger partial charge on any atom is -0.145 e.